The van der Waals surface area contributed by atoms with Gasteiger partial charge in [-0.1, -0.05) is 6.92 Å². The number of nitrogens with zero attached hydrogens (tertiary/aromatic N) is 2. The molecule has 1 aliphatic heterocycles. The molecule has 2 heterocycles. The molecule has 1 aliphatic rings. The summed E-state index contributed by atoms with van der Waals surface area (Å²) in [4.78, 5) is 42.9. The van der Waals surface area contributed by atoms with E-state index in [0.29, 0.717) is 34.9 Å². The van der Waals surface area contributed by atoms with E-state index in [1.165, 1.54) is 12.4 Å². The molecule has 0 saturated carbocycles. The Morgan fingerprint density at radius 2 is 1.86 bits per heavy atom. The van der Waals surface area contributed by atoms with Crippen molar-refractivity contribution < 1.29 is 19.1 Å². The molecule has 7 nitrogen and oxygen atoms in total. The number of nitrogens with one attached hydrogen (secondary N) is 1. The van der Waals surface area contributed by atoms with E-state index in [-0.39, 0.29) is 11.8 Å². The van der Waals surface area contributed by atoms with E-state index in [4.69, 9.17) is 4.74 Å². The molecule has 0 spiro atoms. The first-order valence-electron chi connectivity index (χ1n) is 9.80. The molecule has 1 unspecified atom stereocenters. The third-order valence-corrected chi connectivity index (χ3v) is 4.85. The number of rotatable bonds is 5. The van der Waals surface area contributed by atoms with Crippen molar-refractivity contribution in [3.8, 4) is 0 Å². The van der Waals surface area contributed by atoms with E-state index in [1.54, 1.807) is 37.3 Å². The van der Waals surface area contributed by atoms with Crippen LogP contribution in [0.25, 0.3) is 0 Å². The molecule has 1 atom stereocenters. The Labute approximate surface area is 170 Å². The molecule has 29 heavy (non-hydrogen) atoms. The van der Waals surface area contributed by atoms with Gasteiger partial charge in [0.25, 0.3) is 11.8 Å². The van der Waals surface area contributed by atoms with Crippen LogP contribution in [0.3, 0.4) is 0 Å². The van der Waals surface area contributed by atoms with Gasteiger partial charge in [0.1, 0.15) is 0 Å². The topological polar surface area (TPSA) is 88.6 Å². The van der Waals surface area contributed by atoms with Crippen LogP contribution in [0.15, 0.2) is 42.7 Å². The molecule has 2 amide bonds. The Bertz CT molecular complexity index is 895. The normalized spacial score (nSPS) is 16.2. The number of esters is 1. The highest BCUT2D eigenvalue weighted by atomic mass is 16.5. The van der Waals surface area contributed by atoms with Crippen LogP contribution in [0.1, 0.15) is 57.8 Å². The molecule has 1 aromatic heterocycles. The maximum Gasteiger partial charge on any atom is 0.338 e. The highest BCUT2D eigenvalue weighted by molar-refractivity contribution is 6.06. The molecule has 7 heteroatoms. The predicted molar refractivity (Wildman–Crippen MR) is 109 cm³/mol. The third-order valence-electron chi connectivity index (χ3n) is 4.85. The zero-order valence-corrected chi connectivity index (χ0v) is 16.7. The molecule has 1 fully saturated rings. The summed E-state index contributed by atoms with van der Waals surface area (Å²) in [6.45, 7) is 5.63. The van der Waals surface area contributed by atoms with Gasteiger partial charge in [0, 0.05) is 31.2 Å². The molecule has 152 valence electrons. The van der Waals surface area contributed by atoms with Gasteiger partial charge in [-0.25, -0.2) is 4.79 Å². The number of amides is 2. The first kappa shape index (κ1) is 20.5. The molecule has 2 aromatic rings. The maximum absolute atomic E-state index is 12.7. The smallest absolute Gasteiger partial charge is 0.338 e. The lowest BCUT2D eigenvalue weighted by molar-refractivity contribution is 0.0526. The van der Waals surface area contributed by atoms with E-state index in [2.05, 4.69) is 17.2 Å². The minimum atomic E-state index is -0.409. The van der Waals surface area contributed by atoms with Gasteiger partial charge in [0.05, 0.1) is 23.3 Å². The molecule has 0 bridgehead atoms. The van der Waals surface area contributed by atoms with Crippen LogP contribution in [0, 0.1) is 5.92 Å². The van der Waals surface area contributed by atoms with Crippen LogP contribution < -0.4 is 5.32 Å². The van der Waals surface area contributed by atoms with E-state index in [9.17, 15) is 14.4 Å². The molecule has 3 rings (SSSR count). The zero-order chi connectivity index (χ0) is 20.8. The average Bonchev–Trinajstić information content (AvgIpc) is 2.74. The lowest BCUT2D eigenvalue weighted by Crippen LogP contribution is -2.39. The van der Waals surface area contributed by atoms with Crippen molar-refractivity contribution in [2.24, 2.45) is 5.92 Å². The lowest BCUT2D eigenvalue weighted by Gasteiger charge is -2.30. The summed E-state index contributed by atoms with van der Waals surface area (Å²) in [6, 6.07) is 7.99. The fourth-order valence-electron chi connectivity index (χ4n) is 3.34. The van der Waals surface area contributed by atoms with E-state index < -0.39 is 5.97 Å². The fourth-order valence-corrected chi connectivity index (χ4v) is 3.34. The van der Waals surface area contributed by atoms with Crippen molar-refractivity contribution in [1.29, 1.82) is 0 Å². The van der Waals surface area contributed by atoms with Crippen molar-refractivity contribution in [3.63, 3.8) is 0 Å². The number of anilines is 1. The quantitative estimate of drug-likeness (QED) is 0.784. The zero-order valence-electron chi connectivity index (χ0n) is 16.7. The number of pyridine rings is 1. The summed E-state index contributed by atoms with van der Waals surface area (Å²) in [5.74, 6) is -0.405. The SMILES string of the molecule is CCOC(=O)c1ccc(NC(=O)c2cncc(C(=O)N3CCCC(C)C3)c2)cc1. The van der Waals surface area contributed by atoms with Gasteiger partial charge in [-0.2, -0.15) is 0 Å². The highest BCUT2D eigenvalue weighted by Crippen LogP contribution is 2.18. The summed E-state index contributed by atoms with van der Waals surface area (Å²) in [6.07, 6.45) is 5.03. The van der Waals surface area contributed by atoms with Gasteiger partial charge >= 0.3 is 5.97 Å². The van der Waals surface area contributed by atoms with Crippen LogP contribution in [0.5, 0.6) is 0 Å². The van der Waals surface area contributed by atoms with Crippen molar-refractivity contribution >= 4 is 23.5 Å². The Hall–Kier alpha value is -3.22. The van der Waals surface area contributed by atoms with Crippen LogP contribution in [-0.4, -0.2) is 47.4 Å². The Morgan fingerprint density at radius 1 is 1.14 bits per heavy atom. The third kappa shape index (κ3) is 5.19. The van der Waals surface area contributed by atoms with Crippen molar-refractivity contribution in [2.45, 2.75) is 26.7 Å². The number of likely N-dealkylation sites (tertiary alicyclic amines) is 1. The summed E-state index contributed by atoms with van der Waals surface area (Å²) in [5, 5.41) is 2.75. The number of benzene rings is 1. The van der Waals surface area contributed by atoms with Crippen LogP contribution in [0.2, 0.25) is 0 Å². The Kier molecular flexibility index (Phi) is 6.59. The van der Waals surface area contributed by atoms with Gasteiger partial charge in [-0.15, -0.1) is 0 Å². The number of hydrogen-bond acceptors (Lipinski definition) is 5. The van der Waals surface area contributed by atoms with Gasteiger partial charge in [-0.05, 0) is 56.0 Å². The maximum atomic E-state index is 12.7. The number of piperidine rings is 1. The summed E-state index contributed by atoms with van der Waals surface area (Å²) in [5.41, 5.74) is 1.65. The molecule has 1 saturated heterocycles. The van der Waals surface area contributed by atoms with Crippen molar-refractivity contribution in [3.05, 3.63) is 59.4 Å². The second-order valence-electron chi connectivity index (χ2n) is 7.21. The van der Waals surface area contributed by atoms with Crippen LogP contribution in [0.4, 0.5) is 5.69 Å². The van der Waals surface area contributed by atoms with E-state index in [0.717, 1.165) is 25.9 Å². The summed E-state index contributed by atoms with van der Waals surface area (Å²) < 4.78 is 4.94. The first-order chi connectivity index (χ1) is 14.0. The van der Waals surface area contributed by atoms with Gasteiger partial charge < -0.3 is 15.0 Å². The number of carbonyl (C=O) groups excluding carboxylic acids is 3. The van der Waals surface area contributed by atoms with Crippen molar-refractivity contribution in [2.75, 3.05) is 25.0 Å². The van der Waals surface area contributed by atoms with E-state index in [1.807, 2.05) is 4.90 Å². The lowest BCUT2D eigenvalue weighted by atomic mass is 9.99. The summed E-state index contributed by atoms with van der Waals surface area (Å²) in [7, 11) is 0. The number of aromatic nitrogens is 1. The minimum absolute atomic E-state index is 0.0995. The minimum Gasteiger partial charge on any atom is -0.462 e. The Balaban J connectivity index is 1.67. The second kappa shape index (κ2) is 9.32. The van der Waals surface area contributed by atoms with Crippen LogP contribution >= 0.6 is 0 Å². The number of carbonyl (C=O) groups is 3. The van der Waals surface area contributed by atoms with Gasteiger partial charge in [-0.3, -0.25) is 14.6 Å². The second-order valence-corrected chi connectivity index (χ2v) is 7.21. The molecular weight excluding hydrogens is 370 g/mol. The molecule has 1 aromatic carbocycles. The Morgan fingerprint density at radius 3 is 2.55 bits per heavy atom. The largest absolute Gasteiger partial charge is 0.462 e. The first-order valence-corrected chi connectivity index (χ1v) is 9.80. The molecular formula is C22H25N3O4. The molecule has 0 radical (unpaired) electrons. The van der Waals surface area contributed by atoms with Crippen LogP contribution in [-0.2, 0) is 4.74 Å². The van der Waals surface area contributed by atoms with Crippen molar-refractivity contribution in [1.82, 2.24) is 9.88 Å². The molecule has 1 N–H and O–H groups in total. The monoisotopic (exact) mass is 395 g/mol. The summed E-state index contributed by atoms with van der Waals surface area (Å²) >= 11 is 0. The van der Waals surface area contributed by atoms with E-state index >= 15 is 0 Å². The predicted octanol–water partition coefficient (Wildman–Crippen LogP) is 3.38. The standard InChI is InChI=1S/C22H25N3O4/c1-3-29-22(28)16-6-8-19(9-7-16)24-20(26)17-11-18(13-23-12-17)21(27)25-10-4-5-15(2)14-25/h6-9,11-13,15H,3-5,10,14H2,1-2H3,(H,24,26). The highest BCUT2D eigenvalue weighted by Gasteiger charge is 2.23. The molecule has 0 aliphatic carbocycles. The number of hydrogen-bond donors (Lipinski definition) is 1. The van der Waals surface area contributed by atoms with Gasteiger partial charge in [0.15, 0.2) is 0 Å². The number of ether oxygens (including phenoxy) is 1. The fraction of sp³-hybridized carbons (Fsp3) is 0.364. The average molecular weight is 395 g/mol. The van der Waals surface area contributed by atoms with Gasteiger partial charge in [0.2, 0.25) is 0 Å².